The van der Waals surface area contributed by atoms with Gasteiger partial charge in [-0.15, -0.1) is 0 Å². The fraction of sp³-hybridized carbons (Fsp3) is 0.750. The molecule has 0 radical (unpaired) electrons. The molecule has 2 amide bonds. The second-order valence-corrected chi connectivity index (χ2v) is 4.35. The van der Waals surface area contributed by atoms with E-state index in [1.54, 1.807) is 7.11 Å². The summed E-state index contributed by atoms with van der Waals surface area (Å²) in [6.07, 6.45) is 5.47. The van der Waals surface area contributed by atoms with Crippen LogP contribution in [0.2, 0.25) is 0 Å². The first-order valence-corrected chi connectivity index (χ1v) is 6.04. The first-order chi connectivity index (χ1) is 8.19. The average Bonchev–Trinajstić information content (AvgIpc) is 2.76. The van der Waals surface area contributed by atoms with Crippen molar-refractivity contribution in [1.82, 2.24) is 10.6 Å². The summed E-state index contributed by atoms with van der Waals surface area (Å²) in [5, 5.41) is 14.7. The number of methoxy groups -OCH3 is 1. The molecule has 17 heavy (non-hydrogen) atoms. The van der Waals surface area contributed by atoms with Crippen LogP contribution in [0.5, 0.6) is 0 Å². The maximum absolute atomic E-state index is 11.7. The van der Waals surface area contributed by atoms with Gasteiger partial charge in [0.05, 0.1) is 12.6 Å². The standard InChI is InChI=1S/C12H22N2O3/c1-3-10(8-17-2)13-12(16)14-11-5-4-9(6-11)7-15/h4-5,9-11,15H,3,6-8H2,1-2H3,(H2,13,14,16)/t9-,10?,11+/m0/s1. The lowest BCUT2D eigenvalue weighted by atomic mass is 10.1. The average molecular weight is 242 g/mol. The molecule has 98 valence electrons. The van der Waals surface area contributed by atoms with Crippen molar-refractivity contribution in [3.8, 4) is 0 Å². The molecule has 0 bridgehead atoms. The Kier molecular flexibility index (Phi) is 6.00. The quantitative estimate of drug-likeness (QED) is 0.599. The summed E-state index contributed by atoms with van der Waals surface area (Å²) in [6, 6.07) is -0.117. The Morgan fingerprint density at radius 1 is 1.59 bits per heavy atom. The van der Waals surface area contributed by atoms with Crippen molar-refractivity contribution in [3.63, 3.8) is 0 Å². The molecule has 1 aliphatic carbocycles. The number of carbonyl (C=O) groups excluding carboxylic acids is 1. The van der Waals surface area contributed by atoms with Crippen molar-refractivity contribution in [2.45, 2.75) is 31.8 Å². The number of nitrogens with one attached hydrogen (secondary N) is 2. The molecule has 0 spiro atoms. The van der Waals surface area contributed by atoms with Gasteiger partial charge in [0.2, 0.25) is 0 Å². The van der Waals surface area contributed by atoms with Crippen LogP contribution >= 0.6 is 0 Å². The third-order valence-electron chi connectivity index (χ3n) is 2.92. The number of hydrogen-bond acceptors (Lipinski definition) is 3. The Hall–Kier alpha value is -1.07. The van der Waals surface area contributed by atoms with E-state index in [0.717, 1.165) is 12.8 Å². The molecule has 5 heteroatoms. The summed E-state index contributed by atoms with van der Waals surface area (Å²) in [5.41, 5.74) is 0. The van der Waals surface area contributed by atoms with Gasteiger partial charge in [-0.05, 0) is 12.8 Å². The maximum Gasteiger partial charge on any atom is 0.315 e. The minimum Gasteiger partial charge on any atom is -0.396 e. The predicted octanol–water partition coefficient (Wildman–Crippen LogP) is 0.648. The molecule has 0 saturated heterocycles. The van der Waals surface area contributed by atoms with Crippen molar-refractivity contribution < 1.29 is 14.6 Å². The first-order valence-electron chi connectivity index (χ1n) is 6.04. The van der Waals surface area contributed by atoms with Gasteiger partial charge in [0.15, 0.2) is 0 Å². The number of aliphatic hydroxyl groups is 1. The first kappa shape index (κ1) is 14.0. The SMILES string of the molecule is CCC(COC)NC(=O)N[C@@H]1C=C[C@H](CO)C1. The van der Waals surface area contributed by atoms with Crippen molar-refractivity contribution in [1.29, 1.82) is 0 Å². The van der Waals surface area contributed by atoms with Crippen LogP contribution in [0.25, 0.3) is 0 Å². The van der Waals surface area contributed by atoms with Gasteiger partial charge >= 0.3 is 6.03 Å². The number of rotatable bonds is 6. The van der Waals surface area contributed by atoms with Gasteiger partial charge in [0.1, 0.15) is 0 Å². The molecule has 0 aromatic heterocycles. The van der Waals surface area contributed by atoms with Gasteiger partial charge in [0.25, 0.3) is 0 Å². The van der Waals surface area contributed by atoms with Crippen LogP contribution in [0.3, 0.4) is 0 Å². The third-order valence-corrected chi connectivity index (χ3v) is 2.92. The zero-order valence-electron chi connectivity index (χ0n) is 10.5. The van der Waals surface area contributed by atoms with Gasteiger partial charge in [-0.25, -0.2) is 4.79 Å². The van der Waals surface area contributed by atoms with Gasteiger partial charge in [-0.2, -0.15) is 0 Å². The summed E-state index contributed by atoms with van der Waals surface area (Å²) >= 11 is 0. The highest BCUT2D eigenvalue weighted by Gasteiger charge is 2.20. The summed E-state index contributed by atoms with van der Waals surface area (Å²) < 4.78 is 5.01. The van der Waals surface area contributed by atoms with E-state index in [4.69, 9.17) is 9.84 Å². The molecule has 0 fully saturated rings. The molecule has 1 rings (SSSR count). The van der Waals surface area contributed by atoms with Crippen LogP contribution in [-0.2, 0) is 4.74 Å². The molecule has 5 nitrogen and oxygen atoms in total. The number of ether oxygens (including phenoxy) is 1. The van der Waals surface area contributed by atoms with Crippen LogP contribution in [0, 0.1) is 5.92 Å². The predicted molar refractivity (Wildman–Crippen MR) is 65.7 cm³/mol. The van der Waals surface area contributed by atoms with Crippen molar-refractivity contribution in [3.05, 3.63) is 12.2 Å². The maximum atomic E-state index is 11.7. The number of amides is 2. The fourth-order valence-electron chi connectivity index (χ4n) is 1.88. The van der Waals surface area contributed by atoms with Gasteiger partial charge < -0.3 is 20.5 Å². The van der Waals surface area contributed by atoms with Crippen molar-refractivity contribution in [2.75, 3.05) is 20.3 Å². The van der Waals surface area contributed by atoms with Crippen LogP contribution < -0.4 is 10.6 Å². The van der Waals surface area contributed by atoms with E-state index < -0.39 is 0 Å². The molecular formula is C12H22N2O3. The van der Waals surface area contributed by atoms with Crippen LogP contribution in [-0.4, -0.2) is 43.5 Å². The molecule has 1 aliphatic rings. The molecular weight excluding hydrogens is 220 g/mol. The second-order valence-electron chi connectivity index (χ2n) is 4.35. The summed E-state index contributed by atoms with van der Waals surface area (Å²) in [7, 11) is 1.62. The largest absolute Gasteiger partial charge is 0.396 e. The Morgan fingerprint density at radius 3 is 2.88 bits per heavy atom. The smallest absolute Gasteiger partial charge is 0.315 e. The number of urea groups is 1. The lowest BCUT2D eigenvalue weighted by Crippen LogP contribution is -2.46. The number of carbonyl (C=O) groups is 1. The molecule has 0 heterocycles. The highest BCUT2D eigenvalue weighted by atomic mass is 16.5. The molecule has 0 aromatic carbocycles. The van der Waals surface area contributed by atoms with Crippen molar-refractivity contribution >= 4 is 6.03 Å². The number of aliphatic hydroxyl groups excluding tert-OH is 1. The molecule has 0 aliphatic heterocycles. The van der Waals surface area contributed by atoms with E-state index in [2.05, 4.69) is 10.6 Å². The van der Waals surface area contributed by atoms with E-state index in [9.17, 15) is 4.79 Å². The second kappa shape index (κ2) is 7.29. The van der Waals surface area contributed by atoms with Gasteiger partial charge in [0, 0.05) is 25.7 Å². The normalized spacial score (nSPS) is 24.6. The molecule has 3 N–H and O–H groups in total. The van der Waals surface area contributed by atoms with Crippen LogP contribution in [0.4, 0.5) is 4.79 Å². The Bertz CT molecular complexity index is 268. The zero-order chi connectivity index (χ0) is 12.7. The van der Waals surface area contributed by atoms with Crippen LogP contribution in [0.1, 0.15) is 19.8 Å². The number of hydrogen-bond donors (Lipinski definition) is 3. The zero-order valence-corrected chi connectivity index (χ0v) is 10.5. The summed E-state index contributed by atoms with van der Waals surface area (Å²) in [5.74, 6) is 0.168. The minimum absolute atomic E-state index is 0.0206. The van der Waals surface area contributed by atoms with Gasteiger partial charge in [-0.3, -0.25) is 0 Å². The lowest BCUT2D eigenvalue weighted by Gasteiger charge is -2.19. The monoisotopic (exact) mass is 242 g/mol. The van der Waals surface area contributed by atoms with E-state index in [1.165, 1.54) is 0 Å². The van der Waals surface area contributed by atoms with Gasteiger partial charge in [-0.1, -0.05) is 19.1 Å². The highest BCUT2D eigenvalue weighted by molar-refractivity contribution is 5.74. The summed E-state index contributed by atoms with van der Waals surface area (Å²) in [6.45, 7) is 2.66. The van der Waals surface area contributed by atoms with E-state index in [-0.39, 0.29) is 30.6 Å². The van der Waals surface area contributed by atoms with E-state index >= 15 is 0 Å². The summed E-state index contributed by atoms with van der Waals surface area (Å²) in [4.78, 5) is 11.7. The topological polar surface area (TPSA) is 70.6 Å². The van der Waals surface area contributed by atoms with Crippen molar-refractivity contribution in [2.24, 2.45) is 5.92 Å². The fourth-order valence-corrected chi connectivity index (χ4v) is 1.88. The molecule has 0 aromatic rings. The molecule has 3 atom stereocenters. The van der Waals surface area contributed by atoms with E-state index in [1.807, 2.05) is 19.1 Å². The molecule has 0 saturated carbocycles. The van der Waals surface area contributed by atoms with Crippen LogP contribution in [0.15, 0.2) is 12.2 Å². The Labute approximate surface area is 102 Å². The molecule has 1 unspecified atom stereocenters. The van der Waals surface area contributed by atoms with E-state index in [0.29, 0.717) is 6.61 Å². The lowest BCUT2D eigenvalue weighted by molar-refractivity contribution is 0.163. The third kappa shape index (κ3) is 4.75. The minimum atomic E-state index is -0.179. The Morgan fingerprint density at radius 2 is 2.35 bits per heavy atom. The Balaban J connectivity index is 2.27. The highest BCUT2D eigenvalue weighted by Crippen LogP contribution is 2.16.